The van der Waals surface area contributed by atoms with Crippen LogP contribution in [-0.2, 0) is 27.5 Å². The van der Waals surface area contributed by atoms with Gasteiger partial charge in [0, 0.05) is 28.8 Å². The number of thiophene rings is 1. The molecule has 2 heterocycles. The SMILES string of the molecule is CC(C)(C)OC(=O)CCC(C(N)=O)N1Cc2c(csc2COc2ccc(C#N)cc2)C1=O. The van der Waals surface area contributed by atoms with Crippen LogP contribution in [0.3, 0.4) is 0 Å². The Morgan fingerprint density at radius 2 is 1.97 bits per heavy atom. The zero-order chi connectivity index (χ0) is 23.5. The van der Waals surface area contributed by atoms with Crippen LogP contribution >= 0.6 is 11.3 Å². The average Bonchev–Trinajstić information content (AvgIpc) is 3.26. The van der Waals surface area contributed by atoms with Crippen molar-refractivity contribution in [1.29, 1.82) is 5.26 Å². The number of nitrogens with two attached hydrogens (primary N) is 1. The monoisotopic (exact) mass is 455 g/mol. The summed E-state index contributed by atoms with van der Waals surface area (Å²) in [5, 5.41) is 10.6. The molecule has 0 fully saturated rings. The fraction of sp³-hybridized carbons (Fsp3) is 0.391. The molecule has 0 bridgehead atoms. The molecule has 0 aliphatic carbocycles. The number of benzene rings is 1. The Morgan fingerprint density at radius 1 is 1.28 bits per heavy atom. The van der Waals surface area contributed by atoms with Crippen LogP contribution in [0.5, 0.6) is 5.75 Å². The van der Waals surface area contributed by atoms with Gasteiger partial charge < -0.3 is 20.1 Å². The van der Waals surface area contributed by atoms with Gasteiger partial charge in [0.25, 0.3) is 5.91 Å². The summed E-state index contributed by atoms with van der Waals surface area (Å²) >= 11 is 1.41. The molecular formula is C23H25N3O5S. The zero-order valence-electron chi connectivity index (χ0n) is 18.2. The number of esters is 1. The van der Waals surface area contributed by atoms with Crippen molar-refractivity contribution in [2.24, 2.45) is 5.73 Å². The summed E-state index contributed by atoms with van der Waals surface area (Å²) in [5.74, 6) is -0.777. The molecule has 0 saturated heterocycles. The van der Waals surface area contributed by atoms with Gasteiger partial charge in [0.15, 0.2) is 0 Å². The largest absolute Gasteiger partial charge is 0.488 e. The first kappa shape index (κ1) is 23.3. The second-order valence-electron chi connectivity index (χ2n) is 8.45. The lowest BCUT2D eigenvalue weighted by Gasteiger charge is -2.26. The highest BCUT2D eigenvalue weighted by molar-refractivity contribution is 7.10. The molecule has 2 amide bonds. The van der Waals surface area contributed by atoms with Crippen molar-refractivity contribution in [2.45, 2.75) is 58.4 Å². The van der Waals surface area contributed by atoms with E-state index in [2.05, 4.69) is 6.07 Å². The number of nitrogens with zero attached hydrogens (tertiary/aromatic N) is 2. The van der Waals surface area contributed by atoms with Gasteiger partial charge >= 0.3 is 5.97 Å². The van der Waals surface area contributed by atoms with E-state index in [9.17, 15) is 14.4 Å². The summed E-state index contributed by atoms with van der Waals surface area (Å²) in [7, 11) is 0. The molecular weight excluding hydrogens is 430 g/mol. The number of amides is 2. The van der Waals surface area contributed by atoms with Gasteiger partial charge in [-0.25, -0.2) is 0 Å². The van der Waals surface area contributed by atoms with E-state index >= 15 is 0 Å². The van der Waals surface area contributed by atoms with Crippen LogP contribution in [0.2, 0.25) is 0 Å². The Balaban J connectivity index is 1.66. The van der Waals surface area contributed by atoms with Crippen molar-refractivity contribution in [3.63, 3.8) is 0 Å². The van der Waals surface area contributed by atoms with Crippen molar-refractivity contribution in [3.05, 3.63) is 51.2 Å². The minimum atomic E-state index is -0.903. The number of carbonyl (C=O) groups is 3. The van der Waals surface area contributed by atoms with E-state index in [0.717, 1.165) is 10.4 Å². The maximum Gasteiger partial charge on any atom is 0.306 e. The first-order valence-corrected chi connectivity index (χ1v) is 11.0. The lowest BCUT2D eigenvalue weighted by Crippen LogP contribution is -2.45. The van der Waals surface area contributed by atoms with Crippen molar-refractivity contribution < 1.29 is 23.9 Å². The number of hydrogen-bond acceptors (Lipinski definition) is 7. The van der Waals surface area contributed by atoms with Gasteiger partial charge in [-0.2, -0.15) is 5.26 Å². The van der Waals surface area contributed by atoms with E-state index in [1.54, 1.807) is 50.4 Å². The molecule has 1 aliphatic heterocycles. The Morgan fingerprint density at radius 3 is 2.56 bits per heavy atom. The average molecular weight is 456 g/mol. The zero-order valence-corrected chi connectivity index (χ0v) is 19.0. The summed E-state index contributed by atoms with van der Waals surface area (Å²) in [6.07, 6.45) is 0.0803. The van der Waals surface area contributed by atoms with Gasteiger partial charge in [0.05, 0.1) is 17.2 Å². The van der Waals surface area contributed by atoms with Crippen LogP contribution in [-0.4, -0.2) is 34.3 Å². The molecule has 0 saturated carbocycles. The molecule has 3 rings (SSSR count). The molecule has 1 aromatic carbocycles. The number of hydrogen-bond donors (Lipinski definition) is 1. The van der Waals surface area contributed by atoms with E-state index in [0.29, 0.717) is 16.9 Å². The normalized spacial score (nSPS) is 13.9. The first-order chi connectivity index (χ1) is 15.1. The minimum Gasteiger partial charge on any atom is -0.488 e. The fourth-order valence-corrected chi connectivity index (χ4v) is 4.37. The quantitative estimate of drug-likeness (QED) is 0.610. The third-order valence-corrected chi connectivity index (χ3v) is 5.90. The van der Waals surface area contributed by atoms with Crippen LogP contribution in [0.25, 0.3) is 0 Å². The molecule has 2 N–H and O–H groups in total. The third-order valence-electron chi connectivity index (χ3n) is 4.90. The molecule has 2 aromatic rings. The molecule has 1 aliphatic rings. The van der Waals surface area contributed by atoms with Gasteiger partial charge in [0.2, 0.25) is 5.91 Å². The predicted molar refractivity (Wildman–Crippen MR) is 118 cm³/mol. The fourth-order valence-electron chi connectivity index (χ4n) is 3.42. The van der Waals surface area contributed by atoms with Crippen LogP contribution in [0.4, 0.5) is 0 Å². The topological polar surface area (TPSA) is 123 Å². The Kier molecular flexibility index (Phi) is 6.84. The summed E-state index contributed by atoms with van der Waals surface area (Å²) in [4.78, 5) is 39.3. The summed E-state index contributed by atoms with van der Waals surface area (Å²) in [6, 6.07) is 7.91. The smallest absolute Gasteiger partial charge is 0.306 e. The van der Waals surface area contributed by atoms with E-state index < -0.39 is 23.5 Å². The van der Waals surface area contributed by atoms with Gasteiger partial charge in [0.1, 0.15) is 24.0 Å². The number of nitriles is 1. The Labute approximate surface area is 190 Å². The number of rotatable bonds is 8. The molecule has 32 heavy (non-hydrogen) atoms. The molecule has 168 valence electrons. The van der Waals surface area contributed by atoms with Crippen LogP contribution in [0.1, 0.15) is 60.0 Å². The predicted octanol–water partition coefficient (Wildman–Crippen LogP) is 3.13. The van der Waals surface area contributed by atoms with Gasteiger partial charge in [-0.05, 0) is 51.5 Å². The van der Waals surface area contributed by atoms with E-state index in [-0.39, 0.29) is 31.9 Å². The molecule has 0 spiro atoms. The third kappa shape index (κ3) is 5.45. The molecule has 0 radical (unpaired) electrons. The maximum absolute atomic E-state index is 12.9. The Bertz CT molecular complexity index is 1060. The van der Waals surface area contributed by atoms with Crippen molar-refractivity contribution in [3.8, 4) is 11.8 Å². The number of primary amides is 1. The highest BCUT2D eigenvalue weighted by atomic mass is 32.1. The molecule has 8 nitrogen and oxygen atoms in total. The highest BCUT2D eigenvalue weighted by Crippen LogP contribution is 2.34. The van der Waals surface area contributed by atoms with E-state index in [4.69, 9.17) is 20.5 Å². The van der Waals surface area contributed by atoms with Crippen molar-refractivity contribution >= 4 is 29.1 Å². The van der Waals surface area contributed by atoms with Crippen molar-refractivity contribution in [2.75, 3.05) is 0 Å². The van der Waals surface area contributed by atoms with Gasteiger partial charge in [-0.3, -0.25) is 14.4 Å². The van der Waals surface area contributed by atoms with Crippen LogP contribution < -0.4 is 10.5 Å². The first-order valence-electron chi connectivity index (χ1n) is 10.1. The minimum absolute atomic E-state index is 0.0177. The summed E-state index contributed by atoms with van der Waals surface area (Å²) < 4.78 is 11.1. The maximum atomic E-state index is 12.9. The molecule has 1 unspecified atom stereocenters. The molecule has 1 aromatic heterocycles. The lowest BCUT2D eigenvalue weighted by atomic mass is 10.1. The summed E-state index contributed by atoms with van der Waals surface area (Å²) in [6.45, 7) is 5.77. The van der Waals surface area contributed by atoms with E-state index in [1.165, 1.54) is 16.2 Å². The number of fused-ring (bicyclic) bond motifs is 1. The van der Waals surface area contributed by atoms with Gasteiger partial charge in [-0.1, -0.05) is 0 Å². The second kappa shape index (κ2) is 9.40. The summed E-state index contributed by atoms with van der Waals surface area (Å²) in [5.41, 5.74) is 6.80. The standard InChI is InChI=1S/C23H25N3O5S/c1-23(2,3)31-20(27)9-8-18(21(25)28)26-11-16-17(22(26)29)13-32-19(16)12-30-15-6-4-14(10-24)5-7-15/h4-7,13,18H,8-9,11-12H2,1-3H3,(H2,25,28). The molecule has 1 atom stereocenters. The lowest BCUT2D eigenvalue weighted by molar-refractivity contribution is -0.155. The van der Waals surface area contributed by atoms with E-state index in [1.807, 2.05) is 0 Å². The second-order valence-corrected chi connectivity index (χ2v) is 9.42. The Hall–Kier alpha value is -3.38. The van der Waals surface area contributed by atoms with Crippen molar-refractivity contribution in [1.82, 2.24) is 4.90 Å². The number of ether oxygens (including phenoxy) is 2. The number of carbonyl (C=O) groups excluding carboxylic acids is 3. The van der Waals surface area contributed by atoms with Gasteiger partial charge in [-0.15, -0.1) is 11.3 Å². The highest BCUT2D eigenvalue weighted by Gasteiger charge is 2.38. The van der Waals surface area contributed by atoms with Crippen LogP contribution in [0, 0.1) is 11.3 Å². The molecule has 9 heteroatoms. The van der Waals surface area contributed by atoms with Crippen LogP contribution in [0.15, 0.2) is 29.6 Å².